The highest BCUT2D eigenvalue weighted by Gasteiger charge is 2.26. The van der Waals surface area contributed by atoms with Crippen LogP contribution < -0.4 is 18.9 Å². The molecule has 8 rings (SSSR count). The van der Waals surface area contributed by atoms with Gasteiger partial charge in [-0.05, 0) is 56.9 Å². The summed E-state index contributed by atoms with van der Waals surface area (Å²) in [6.45, 7) is 3.58. The largest absolute Gasteiger partial charge is 0.497 e. The quantitative estimate of drug-likeness (QED) is 0.175. The Balaban J connectivity index is 1.24. The first-order chi connectivity index (χ1) is 28.7. The minimum absolute atomic E-state index is 0.318. The Morgan fingerprint density at radius 2 is 0.828 bits per heavy atom. The topological polar surface area (TPSA) is 73.8 Å². The molecular weight excluding hydrogens is 729 g/mol. The summed E-state index contributed by atoms with van der Waals surface area (Å²) in [4.78, 5) is 0. The molecule has 0 radical (unpaired) electrons. The molecule has 58 heavy (non-hydrogen) atoms. The van der Waals surface area contributed by atoms with Crippen LogP contribution in [-0.2, 0) is 32.2 Å². The molecule has 7 aromatic rings. The molecule has 0 amide bonds. The van der Waals surface area contributed by atoms with E-state index in [9.17, 15) is 0 Å². The van der Waals surface area contributed by atoms with Crippen molar-refractivity contribution in [2.24, 2.45) is 0 Å². The maximum Gasteiger partial charge on any atom is 0.135 e. The first-order valence-corrected chi connectivity index (χ1v) is 19.8. The molecule has 0 fully saturated rings. The third-order valence-electron chi connectivity index (χ3n) is 10.3. The van der Waals surface area contributed by atoms with Crippen LogP contribution >= 0.6 is 0 Å². The van der Waals surface area contributed by atoms with Gasteiger partial charge in [-0.2, -0.15) is 0 Å². The van der Waals surface area contributed by atoms with Crippen LogP contribution in [0.25, 0.3) is 54.9 Å². The highest BCUT2D eigenvalue weighted by atomic mass is 16.6. The van der Waals surface area contributed by atoms with Gasteiger partial charge in [-0.3, -0.25) is 0 Å². The highest BCUT2D eigenvalue weighted by Crippen LogP contribution is 2.52. The third-order valence-corrected chi connectivity index (χ3v) is 10.3. The van der Waals surface area contributed by atoms with Gasteiger partial charge in [0, 0.05) is 33.4 Å². The van der Waals surface area contributed by atoms with Crippen LogP contribution in [0.2, 0.25) is 0 Å². The summed E-state index contributed by atoms with van der Waals surface area (Å²) in [5.74, 6) is 2.94. The van der Waals surface area contributed by atoms with Crippen molar-refractivity contribution in [3.63, 3.8) is 0 Å². The van der Waals surface area contributed by atoms with E-state index in [1.807, 2.05) is 24.3 Å². The summed E-state index contributed by atoms with van der Waals surface area (Å²) in [6.07, 6.45) is 0. The Morgan fingerprint density at radius 1 is 0.414 bits per heavy atom. The van der Waals surface area contributed by atoms with Crippen LogP contribution in [0, 0.1) is 0 Å². The normalized spacial score (nSPS) is 14.7. The molecule has 8 heteroatoms. The second-order valence-corrected chi connectivity index (χ2v) is 13.9. The highest BCUT2D eigenvalue weighted by molar-refractivity contribution is 6.14. The Labute approximate surface area is 339 Å². The first-order valence-electron chi connectivity index (χ1n) is 19.8. The van der Waals surface area contributed by atoms with E-state index in [1.165, 1.54) is 0 Å². The van der Waals surface area contributed by atoms with Crippen molar-refractivity contribution < 1.29 is 37.9 Å². The van der Waals surface area contributed by atoms with Crippen LogP contribution in [0.15, 0.2) is 133 Å². The fourth-order valence-corrected chi connectivity index (χ4v) is 7.64. The van der Waals surface area contributed by atoms with Gasteiger partial charge in [0.1, 0.15) is 36.2 Å². The second kappa shape index (κ2) is 19.0. The lowest BCUT2D eigenvalue weighted by atomic mass is 9.86. The van der Waals surface area contributed by atoms with E-state index in [-0.39, 0.29) is 0 Å². The zero-order chi connectivity index (χ0) is 39.5. The number of methoxy groups -OCH3 is 2. The van der Waals surface area contributed by atoms with Gasteiger partial charge in [0.2, 0.25) is 0 Å². The molecule has 2 bridgehead atoms. The number of rotatable bonds is 4. The summed E-state index contributed by atoms with van der Waals surface area (Å²) < 4.78 is 49.7. The molecule has 0 saturated heterocycles. The van der Waals surface area contributed by atoms with E-state index in [0.29, 0.717) is 77.6 Å². The van der Waals surface area contributed by atoms with E-state index >= 15 is 0 Å². The Morgan fingerprint density at radius 3 is 1.28 bits per heavy atom. The molecule has 296 valence electrons. The minimum atomic E-state index is 0.318. The van der Waals surface area contributed by atoms with Crippen molar-refractivity contribution >= 4 is 21.5 Å². The van der Waals surface area contributed by atoms with E-state index < -0.39 is 0 Å². The number of ether oxygens (including phenoxy) is 8. The summed E-state index contributed by atoms with van der Waals surface area (Å²) >= 11 is 0. The lowest BCUT2D eigenvalue weighted by Gasteiger charge is -2.24. The van der Waals surface area contributed by atoms with Crippen molar-refractivity contribution in [3.05, 3.63) is 145 Å². The summed E-state index contributed by atoms with van der Waals surface area (Å²) in [5, 5.41) is 4.30. The molecule has 0 atom stereocenters. The lowest BCUT2D eigenvalue weighted by Crippen LogP contribution is -2.12. The molecule has 0 spiro atoms. The Hall–Kier alpha value is -5.90. The average molecular weight is 777 g/mol. The van der Waals surface area contributed by atoms with Crippen LogP contribution in [0.1, 0.15) is 11.1 Å². The third kappa shape index (κ3) is 8.66. The van der Waals surface area contributed by atoms with Crippen LogP contribution in [0.5, 0.6) is 23.0 Å². The van der Waals surface area contributed by atoms with Gasteiger partial charge in [0.25, 0.3) is 0 Å². The Kier molecular flexibility index (Phi) is 12.8. The van der Waals surface area contributed by atoms with Crippen molar-refractivity contribution in [1.82, 2.24) is 0 Å². The van der Waals surface area contributed by atoms with Gasteiger partial charge < -0.3 is 37.9 Å². The van der Waals surface area contributed by atoms with Gasteiger partial charge in [-0.15, -0.1) is 0 Å². The Bertz CT molecular complexity index is 2280. The smallest absolute Gasteiger partial charge is 0.135 e. The van der Waals surface area contributed by atoms with Crippen LogP contribution in [-0.4, -0.2) is 67.1 Å². The number of hydrogen-bond acceptors (Lipinski definition) is 8. The molecule has 0 aliphatic carbocycles. The van der Waals surface area contributed by atoms with Gasteiger partial charge in [0.15, 0.2) is 0 Å². The molecule has 0 aromatic heterocycles. The van der Waals surface area contributed by atoms with E-state index in [4.69, 9.17) is 37.9 Å². The van der Waals surface area contributed by atoms with Gasteiger partial charge in [0.05, 0.1) is 67.1 Å². The number of hydrogen-bond donors (Lipinski definition) is 0. The molecule has 1 heterocycles. The molecule has 7 aromatic carbocycles. The predicted molar refractivity (Wildman–Crippen MR) is 229 cm³/mol. The maximum absolute atomic E-state index is 6.95. The van der Waals surface area contributed by atoms with E-state index in [0.717, 1.165) is 77.6 Å². The maximum atomic E-state index is 6.95. The molecular formula is C50H48O8. The monoisotopic (exact) mass is 776 g/mol. The SMILES string of the molecule is COc1cc2c(OC)c(c1)COCCOCCOc1c(-c3ccccc3)cc3ccccc3c1-c1c(c(-c3ccccc3)cc3ccccc13)OCCOCCOC2. The van der Waals surface area contributed by atoms with Crippen molar-refractivity contribution in [1.29, 1.82) is 0 Å². The molecule has 0 saturated carbocycles. The zero-order valence-corrected chi connectivity index (χ0v) is 33.0. The molecule has 1 aliphatic rings. The molecule has 0 N–H and O–H groups in total. The standard InChI is InChI=1S/C50H48O8/c1-51-41-29-39-33-55-23-21-53-25-27-57-49-44(35-13-5-3-6-14-35)31-37-17-9-11-19-42(37)46(49)47-43-20-12-10-18-38(43)32-45(36-15-7-4-8-16-36)50(47)58-28-26-54-22-24-56-34-40(30-41)48(39)52-2/h3-20,29-32H,21-28,33-34H2,1-2H3. The lowest BCUT2D eigenvalue weighted by molar-refractivity contribution is 0.0281. The second-order valence-electron chi connectivity index (χ2n) is 13.9. The summed E-state index contributed by atoms with van der Waals surface area (Å²) in [7, 11) is 3.30. The number of benzene rings is 7. The molecule has 8 nitrogen and oxygen atoms in total. The summed E-state index contributed by atoms with van der Waals surface area (Å²) in [5.41, 5.74) is 7.73. The molecule has 0 unspecified atom stereocenters. The van der Waals surface area contributed by atoms with Crippen LogP contribution in [0.3, 0.4) is 0 Å². The van der Waals surface area contributed by atoms with E-state index in [2.05, 4.69) is 109 Å². The number of fused-ring (bicyclic) bond motifs is 9. The van der Waals surface area contributed by atoms with Gasteiger partial charge in [-0.25, -0.2) is 0 Å². The van der Waals surface area contributed by atoms with Crippen molar-refractivity contribution in [2.75, 3.05) is 67.1 Å². The van der Waals surface area contributed by atoms with Crippen LogP contribution in [0.4, 0.5) is 0 Å². The van der Waals surface area contributed by atoms with Crippen molar-refractivity contribution in [3.8, 4) is 56.4 Å². The minimum Gasteiger partial charge on any atom is -0.497 e. The fraction of sp³-hybridized carbons (Fsp3) is 0.240. The average Bonchev–Trinajstić information content (AvgIpc) is 3.27. The van der Waals surface area contributed by atoms with Crippen molar-refractivity contribution in [2.45, 2.75) is 13.2 Å². The predicted octanol–water partition coefficient (Wildman–Crippen LogP) is 10.5. The van der Waals surface area contributed by atoms with Gasteiger partial charge in [-0.1, -0.05) is 109 Å². The molecule has 1 aliphatic heterocycles. The zero-order valence-electron chi connectivity index (χ0n) is 33.0. The fourth-order valence-electron chi connectivity index (χ4n) is 7.64. The first kappa shape index (κ1) is 38.9. The van der Waals surface area contributed by atoms with Gasteiger partial charge >= 0.3 is 0 Å². The van der Waals surface area contributed by atoms with E-state index in [1.54, 1.807) is 14.2 Å². The summed E-state index contributed by atoms with van der Waals surface area (Å²) in [6, 6.07) is 46.1.